The molecule has 0 bridgehead atoms. The number of pyridine rings is 1. The summed E-state index contributed by atoms with van der Waals surface area (Å²) in [6, 6.07) is 15.9. The van der Waals surface area contributed by atoms with Gasteiger partial charge in [0.25, 0.3) is 0 Å². The van der Waals surface area contributed by atoms with E-state index in [9.17, 15) is 4.79 Å². The lowest BCUT2D eigenvalue weighted by Gasteiger charge is -2.23. The number of carbonyl (C=O) groups excluding carboxylic acids is 1. The molecule has 1 fully saturated rings. The van der Waals surface area contributed by atoms with Crippen LogP contribution >= 0.6 is 0 Å². The zero-order chi connectivity index (χ0) is 20.1. The smallest absolute Gasteiger partial charge is 0.237 e. The van der Waals surface area contributed by atoms with E-state index in [-0.39, 0.29) is 12.0 Å². The first-order valence-corrected chi connectivity index (χ1v) is 9.76. The Bertz CT molecular complexity index is 928. The number of ether oxygens (including phenoxy) is 1. The monoisotopic (exact) mass is 391 g/mol. The van der Waals surface area contributed by atoms with Gasteiger partial charge in [0.1, 0.15) is 5.76 Å². The fraction of sp³-hybridized carbons (Fsp3) is 0.304. The molecule has 4 rings (SSSR count). The molecule has 1 aliphatic heterocycles. The van der Waals surface area contributed by atoms with Crippen molar-refractivity contribution >= 4 is 5.91 Å². The molecule has 3 heterocycles. The van der Waals surface area contributed by atoms with Crippen molar-refractivity contribution in [2.75, 3.05) is 26.7 Å². The van der Waals surface area contributed by atoms with Crippen molar-refractivity contribution in [1.29, 1.82) is 0 Å². The van der Waals surface area contributed by atoms with Gasteiger partial charge in [-0.1, -0.05) is 30.3 Å². The number of nitrogens with zero attached hydrogens (tertiary/aromatic N) is 3. The first kappa shape index (κ1) is 19.4. The highest BCUT2D eigenvalue weighted by Gasteiger charge is 2.28. The first-order chi connectivity index (χ1) is 14.2. The number of furan rings is 1. The minimum atomic E-state index is -0.0473. The Hall–Kier alpha value is -2.96. The molecular formula is C23H25N3O3. The molecule has 0 unspecified atom stereocenters. The van der Waals surface area contributed by atoms with Gasteiger partial charge in [-0.2, -0.15) is 0 Å². The fourth-order valence-corrected chi connectivity index (χ4v) is 3.75. The predicted octanol–water partition coefficient (Wildman–Crippen LogP) is 3.20. The lowest BCUT2D eigenvalue weighted by Crippen LogP contribution is -2.37. The molecule has 1 aliphatic rings. The molecule has 6 nitrogen and oxygen atoms in total. The van der Waals surface area contributed by atoms with Crippen LogP contribution in [0.25, 0.3) is 11.3 Å². The van der Waals surface area contributed by atoms with Gasteiger partial charge in [-0.05, 0) is 29.3 Å². The van der Waals surface area contributed by atoms with E-state index in [1.54, 1.807) is 25.8 Å². The normalized spacial score (nSPS) is 18.0. The van der Waals surface area contributed by atoms with Crippen LogP contribution in [0.1, 0.15) is 11.1 Å². The van der Waals surface area contributed by atoms with E-state index in [1.807, 2.05) is 41.3 Å². The number of aromatic nitrogens is 1. The number of rotatable bonds is 6. The van der Waals surface area contributed by atoms with Crippen molar-refractivity contribution in [2.45, 2.75) is 19.2 Å². The number of benzene rings is 1. The average molecular weight is 391 g/mol. The maximum absolute atomic E-state index is 13.0. The SMILES string of the molecule is CO[C@H]1CN(Cc2ccccc2-c2ccco2)CC(=O)N(Cc2cccnc2)C1. The first-order valence-electron chi connectivity index (χ1n) is 9.76. The van der Waals surface area contributed by atoms with Gasteiger partial charge >= 0.3 is 0 Å². The Balaban J connectivity index is 1.52. The lowest BCUT2D eigenvalue weighted by atomic mass is 10.0. The molecule has 1 saturated heterocycles. The average Bonchev–Trinajstić information content (AvgIpc) is 3.23. The van der Waals surface area contributed by atoms with Crippen LogP contribution in [0.4, 0.5) is 0 Å². The molecule has 0 N–H and O–H groups in total. The molecule has 1 atom stereocenters. The summed E-state index contributed by atoms with van der Waals surface area (Å²) >= 11 is 0. The number of amides is 1. The summed E-state index contributed by atoms with van der Waals surface area (Å²) in [6.45, 7) is 2.82. The highest BCUT2D eigenvalue weighted by molar-refractivity contribution is 5.78. The van der Waals surface area contributed by atoms with Gasteiger partial charge in [0, 0.05) is 51.2 Å². The Morgan fingerprint density at radius 3 is 2.76 bits per heavy atom. The van der Waals surface area contributed by atoms with E-state index in [0.717, 1.165) is 22.5 Å². The third-order valence-corrected chi connectivity index (χ3v) is 5.22. The van der Waals surface area contributed by atoms with Crippen molar-refractivity contribution in [3.05, 3.63) is 78.3 Å². The van der Waals surface area contributed by atoms with Crippen LogP contribution in [0.5, 0.6) is 0 Å². The van der Waals surface area contributed by atoms with Gasteiger partial charge in [-0.3, -0.25) is 14.7 Å². The summed E-state index contributed by atoms with van der Waals surface area (Å²) in [5.41, 5.74) is 3.20. The van der Waals surface area contributed by atoms with Gasteiger partial charge in [0.15, 0.2) is 0 Å². The van der Waals surface area contributed by atoms with Gasteiger partial charge in [-0.25, -0.2) is 0 Å². The van der Waals surface area contributed by atoms with E-state index < -0.39 is 0 Å². The summed E-state index contributed by atoms with van der Waals surface area (Å²) in [7, 11) is 1.71. The summed E-state index contributed by atoms with van der Waals surface area (Å²) in [5, 5.41) is 0. The van der Waals surface area contributed by atoms with E-state index in [0.29, 0.717) is 32.7 Å². The molecule has 0 saturated carbocycles. The zero-order valence-corrected chi connectivity index (χ0v) is 16.5. The maximum Gasteiger partial charge on any atom is 0.237 e. The van der Waals surface area contributed by atoms with Gasteiger partial charge in [0.05, 0.1) is 18.9 Å². The molecule has 29 heavy (non-hydrogen) atoms. The quantitative estimate of drug-likeness (QED) is 0.646. The van der Waals surface area contributed by atoms with Crippen LogP contribution < -0.4 is 0 Å². The summed E-state index contributed by atoms with van der Waals surface area (Å²) in [5.74, 6) is 0.937. The molecule has 0 aliphatic carbocycles. The second-order valence-corrected chi connectivity index (χ2v) is 7.30. The molecule has 6 heteroatoms. The minimum Gasteiger partial charge on any atom is -0.464 e. The third kappa shape index (κ3) is 4.72. The fourth-order valence-electron chi connectivity index (χ4n) is 3.75. The highest BCUT2D eigenvalue weighted by Crippen LogP contribution is 2.26. The molecule has 1 aromatic carbocycles. The second-order valence-electron chi connectivity index (χ2n) is 7.30. The largest absolute Gasteiger partial charge is 0.464 e. The van der Waals surface area contributed by atoms with Crippen molar-refractivity contribution in [3.63, 3.8) is 0 Å². The predicted molar refractivity (Wildman–Crippen MR) is 110 cm³/mol. The zero-order valence-electron chi connectivity index (χ0n) is 16.5. The number of carbonyl (C=O) groups is 1. The number of methoxy groups -OCH3 is 1. The highest BCUT2D eigenvalue weighted by atomic mass is 16.5. The van der Waals surface area contributed by atoms with Gasteiger partial charge < -0.3 is 14.1 Å². The van der Waals surface area contributed by atoms with Crippen LogP contribution in [0, 0.1) is 0 Å². The van der Waals surface area contributed by atoms with Crippen LogP contribution in [0.3, 0.4) is 0 Å². The van der Waals surface area contributed by atoms with Crippen molar-refractivity contribution < 1.29 is 13.9 Å². The van der Waals surface area contributed by atoms with Crippen molar-refractivity contribution in [3.8, 4) is 11.3 Å². The van der Waals surface area contributed by atoms with Crippen molar-refractivity contribution in [2.24, 2.45) is 0 Å². The van der Waals surface area contributed by atoms with E-state index >= 15 is 0 Å². The van der Waals surface area contributed by atoms with E-state index in [2.05, 4.69) is 22.0 Å². The van der Waals surface area contributed by atoms with Crippen LogP contribution in [-0.4, -0.2) is 53.5 Å². The van der Waals surface area contributed by atoms with Crippen molar-refractivity contribution in [1.82, 2.24) is 14.8 Å². The molecule has 2 aromatic heterocycles. The number of hydrogen-bond donors (Lipinski definition) is 0. The summed E-state index contributed by atoms with van der Waals surface area (Å²) < 4.78 is 11.3. The number of hydrogen-bond acceptors (Lipinski definition) is 5. The molecular weight excluding hydrogens is 366 g/mol. The molecule has 3 aromatic rings. The Morgan fingerprint density at radius 1 is 1.10 bits per heavy atom. The minimum absolute atomic E-state index is 0.0473. The standard InChI is InChI=1S/C23H25N3O3/c1-28-20-15-25(14-19-7-2-3-8-21(19)22-9-5-11-29-22)17-23(27)26(16-20)13-18-6-4-10-24-12-18/h2-12,20H,13-17H2,1H3/t20-/m0/s1. The summed E-state index contributed by atoms with van der Waals surface area (Å²) in [4.78, 5) is 21.2. The molecule has 0 spiro atoms. The summed E-state index contributed by atoms with van der Waals surface area (Å²) in [6.07, 6.45) is 5.18. The Kier molecular flexibility index (Phi) is 6.03. The maximum atomic E-state index is 13.0. The Morgan fingerprint density at radius 2 is 2.00 bits per heavy atom. The molecule has 0 radical (unpaired) electrons. The van der Waals surface area contributed by atoms with E-state index in [4.69, 9.17) is 9.15 Å². The van der Waals surface area contributed by atoms with Crippen LogP contribution in [0.15, 0.2) is 71.6 Å². The topological polar surface area (TPSA) is 58.8 Å². The lowest BCUT2D eigenvalue weighted by molar-refractivity contribution is -0.132. The van der Waals surface area contributed by atoms with Crippen LogP contribution in [-0.2, 0) is 22.6 Å². The molecule has 150 valence electrons. The van der Waals surface area contributed by atoms with Gasteiger partial charge in [-0.15, -0.1) is 0 Å². The van der Waals surface area contributed by atoms with Crippen LogP contribution in [0.2, 0.25) is 0 Å². The van der Waals surface area contributed by atoms with E-state index in [1.165, 1.54) is 0 Å². The molecule has 1 amide bonds. The Labute approximate surface area is 170 Å². The second kappa shape index (κ2) is 9.03. The van der Waals surface area contributed by atoms with Gasteiger partial charge in [0.2, 0.25) is 5.91 Å². The third-order valence-electron chi connectivity index (χ3n) is 5.22.